The lowest BCUT2D eigenvalue weighted by Gasteiger charge is -1.97. The second kappa shape index (κ2) is 5.03. The molecule has 0 atom stereocenters. The van der Waals surface area contributed by atoms with E-state index in [9.17, 15) is 4.79 Å². The molecule has 0 aromatic heterocycles. The Labute approximate surface area is 62.1 Å². The summed E-state index contributed by atoms with van der Waals surface area (Å²) in [6, 6.07) is 0. The second-order valence-corrected chi connectivity index (χ2v) is 2.39. The van der Waals surface area contributed by atoms with Crippen molar-refractivity contribution >= 4 is 5.91 Å². The van der Waals surface area contributed by atoms with Gasteiger partial charge >= 0.3 is 0 Å². The van der Waals surface area contributed by atoms with E-state index in [0.29, 0.717) is 12.0 Å². The standard InChI is InChI=1S/C8H14NO/c1-3-4-5-6-7(2)8(9)10/h9H,2-6H2,1H3. The van der Waals surface area contributed by atoms with Crippen molar-refractivity contribution in [1.82, 2.24) is 5.73 Å². The molecule has 1 amide bonds. The van der Waals surface area contributed by atoms with Crippen LogP contribution in [0, 0.1) is 0 Å². The van der Waals surface area contributed by atoms with Crippen LogP contribution in [0.3, 0.4) is 0 Å². The van der Waals surface area contributed by atoms with Gasteiger partial charge in [-0.25, -0.2) is 0 Å². The molecular weight excluding hydrogens is 126 g/mol. The summed E-state index contributed by atoms with van der Waals surface area (Å²) in [5.74, 6) is -0.615. The minimum atomic E-state index is -0.615. The first kappa shape index (κ1) is 9.21. The van der Waals surface area contributed by atoms with Crippen LogP contribution in [-0.2, 0) is 4.79 Å². The number of hydrogen-bond acceptors (Lipinski definition) is 1. The Hall–Kier alpha value is -0.790. The van der Waals surface area contributed by atoms with Crippen LogP contribution in [-0.4, -0.2) is 5.91 Å². The lowest BCUT2D eigenvalue weighted by molar-refractivity contribution is -0.115. The molecule has 0 fully saturated rings. The van der Waals surface area contributed by atoms with Crippen molar-refractivity contribution in [2.75, 3.05) is 0 Å². The summed E-state index contributed by atoms with van der Waals surface area (Å²) >= 11 is 0. The molecule has 0 aliphatic heterocycles. The predicted octanol–water partition coefficient (Wildman–Crippen LogP) is 1.93. The molecule has 0 aliphatic rings. The number of carbonyl (C=O) groups is 1. The highest BCUT2D eigenvalue weighted by Crippen LogP contribution is 2.05. The van der Waals surface area contributed by atoms with Crippen molar-refractivity contribution < 1.29 is 4.79 Å². The average Bonchev–Trinajstić information content (AvgIpc) is 1.88. The van der Waals surface area contributed by atoms with Gasteiger partial charge in [0.25, 0.3) is 5.91 Å². The maximum Gasteiger partial charge on any atom is 0.265 e. The molecule has 0 rings (SSSR count). The summed E-state index contributed by atoms with van der Waals surface area (Å²) in [6.07, 6.45) is 3.93. The summed E-state index contributed by atoms with van der Waals surface area (Å²) in [6.45, 7) is 5.59. The molecule has 0 spiro atoms. The van der Waals surface area contributed by atoms with Gasteiger partial charge in [-0.2, -0.15) is 0 Å². The van der Waals surface area contributed by atoms with Crippen molar-refractivity contribution in [3.05, 3.63) is 12.2 Å². The normalized spacial score (nSPS) is 9.30. The van der Waals surface area contributed by atoms with Crippen molar-refractivity contribution in [3.63, 3.8) is 0 Å². The van der Waals surface area contributed by atoms with Gasteiger partial charge < -0.3 is 0 Å². The van der Waals surface area contributed by atoms with Crippen LogP contribution in [0.15, 0.2) is 12.2 Å². The molecule has 0 heterocycles. The third-order valence-corrected chi connectivity index (χ3v) is 1.40. The number of unbranched alkanes of at least 4 members (excludes halogenated alkanes) is 2. The molecule has 0 aliphatic carbocycles. The van der Waals surface area contributed by atoms with Gasteiger partial charge in [0.2, 0.25) is 0 Å². The Morgan fingerprint density at radius 2 is 2.10 bits per heavy atom. The van der Waals surface area contributed by atoms with Crippen molar-refractivity contribution in [3.8, 4) is 0 Å². The summed E-state index contributed by atoms with van der Waals surface area (Å²) in [7, 11) is 0. The molecule has 0 aromatic rings. The summed E-state index contributed by atoms with van der Waals surface area (Å²) < 4.78 is 0. The lowest BCUT2D eigenvalue weighted by Crippen LogP contribution is -2.00. The largest absolute Gasteiger partial charge is 0.268 e. The van der Waals surface area contributed by atoms with Gasteiger partial charge in [0.15, 0.2) is 0 Å². The molecule has 0 saturated carbocycles. The molecule has 2 nitrogen and oxygen atoms in total. The first-order valence-corrected chi connectivity index (χ1v) is 3.62. The topological polar surface area (TPSA) is 40.9 Å². The Kier molecular flexibility index (Phi) is 4.63. The summed E-state index contributed by atoms with van der Waals surface area (Å²) in [5.41, 5.74) is 7.12. The zero-order chi connectivity index (χ0) is 7.98. The van der Waals surface area contributed by atoms with Gasteiger partial charge in [0.05, 0.1) is 0 Å². The van der Waals surface area contributed by atoms with Crippen LogP contribution >= 0.6 is 0 Å². The molecule has 57 valence electrons. The van der Waals surface area contributed by atoms with Gasteiger partial charge in [-0.3, -0.25) is 10.5 Å². The molecule has 2 heteroatoms. The lowest BCUT2D eigenvalue weighted by atomic mass is 10.1. The third-order valence-electron chi connectivity index (χ3n) is 1.40. The maximum absolute atomic E-state index is 10.3. The van der Waals surface area contributed by atoms with Crippen LogP contribution in [0.4, 0.5) is 0 Å². The van der Waals surface area contributed by atoms with Crippen LogP contribution in [0.1, 0.15) is 32.6 Å². The molecule has 1 radical (unpaired) electrons. The van der Waals surface area contributed by atoms with Crippen molar-refractivity contribution in [2.45, 2.75) is 32.6 Å². The smallest absolute Gasteiger partial charge is 0.265 e. The van der Waals surface area contributed by atoms with Crippen molar-refractivity contribution in [1.29, 1.82) is 0 Å². The highest BCUT2D eigenvalue weighted by atomic mass is 16.1. The fourth-order valence-corrected chi connectivity index (χ4v) is 0.702. The van der Waals surface area contributed by atoms with Gasteiger partial charge in [0, 0.05) is 5.57 Å². The Bertz CT molecular complexity index is 129. The molecular formula is C8H14NO. The van der Waals surface area contributed by atoms with Crippen LogP contribution in [0.2, 0.25) is 0 Å². The van der Waals surface area contributed by atoms with E-state index in [1.807, 2.05) is 0 Å². The van der Waals surface area contributed by atoms with E-state index in [4.69, 9.17) is 5.73 Å². The van der Waals surface area contributed by atoms with E-state index >= 15 is 0 Å². The van der Waals surface area contributed by atoms with E-state index < -0.39 is 5.91 Å². The first-order chi connectivity index (χ1) is 4.68. The van der Waals surface area contributed by atoms with Gasteiger partial charge in [-0.1, -0.05) is 26.3 Å². The number of nitrogens with one attached hydrogen (secondary N) is 1. The van der Waals surface area contributed by atoms with E-state index in [1.165, 1.54) is 0 Å². The van der Waals surface area contributed by atoms with E-state index in [0.717, 1.165) is 19.3 Å². The number of carbonyl (C=O) groups excluding carboxylic acids is 1. The number of hydrogen-bond donors (Lipinski definition) is 0. The second-order valence-electron chi connectivity index (χ2n) is 2.39. The average molecular weight is 140 g/mol. The minimum Gasteiger partial charge on any atom is -0.268 e. The van der Waals surface area contributed by atoms with Crippen LogP contribution in [0.25, 0.3) is 0 Å². The first-order valence-electron chi connectivity index (χ1n) is 3.62. The number of amides is 1. The van der Waals surface area contributed by atoms with Gasteiger partial charge in [0.1, 0.15) is 0 Å². The highest BCUT2D eigenvalue weighted by Gasteiger charge is 1.99. The molecule has 1 N–H and O–H groups in total. The van der Waals surface area contributed by atoms with Crippen LogP contribution in [0.5, 0.6) is 0 Å². The van der Waals surface area contributed by atoms with E-state index in [2.05, 4.69) is 13.5 Å². The summed E-state index contributed by atoms with van der Waals surface area (Å²) in [4.78, 5) is 10.3. The highest BCUT2D eigenvalue weighted by molar-refractivity contribution is 5.90. The Morgan fingerprint density at radius 1 is 1.50 bits per heavy atom. The predicted molar refractivity (Wildman–Crippen MR) is 41.4 cm³/mol. The van der Waals surface area contributed by atoms with E-state index in [1.54, 1.807) is 0 Å². The molecule has 0 saturated heterocycles. The van der Waals surface area contributed by atoms with Crippen molar-refractivity contribution in [2.24, 2.45) is 0 Å². The monoisotopic (exact) mass is 140 g/mol. The Morgan fingerprint density at radius 3 is 2.50 bits per heavy atom. The number of rotatable bonds is 5. The minimum absolute atomic E-state index is 0.438. The maximum atomic E-state index is 10.3. The fraction of sp³-hybridized carbons (Fsp3) is 0.625. The SMILES string of the molecule is C=C(CCCCC)C([NH])=O. The Balaban J connectivity index is 3.31. The third kappa shape index (κ3) is 4.13. The quantitative estimate of drug-likeness (QED) is 0.425. The molecule has 0 bridgehead atoms. The van der Waals surface area contributed by atoms with Gasteiger partial charge in [-0.05, 0) is 12.8 Å². The fourth-order valence-electron chi connectivity index (χ4n) is 0.702. The summed E-state index contributed by atoms with van der Waals surface area (Å²) in [5, 5.41) is 0. The zero-order valence-electron chi connectivity index (χ0n) is 6.44. The molecule has 0 aromatic carbocycles. The van der Waals surface area contributed by atoms with E-state index in [-0.39, 0.29) is 0 Å². The van der Waals surface area contributed by atoms with Gasteiger partial charge in [-0.15, -0.1) is 0 Å². The van der Waals surface area contributed by atoms with Crippen LogP contribution < -0.4 is 5.73 Å². The molecule has 10 heavy (non-hydrogen) atoms. The zero-order valence-corrected chi connectivity index (χ0v) is 6.44. The molecule has 0 unspecified atom stereocenters.